The lowest BCUT2D eigenvalue weighted by Crippen LogP contribution is -2.18. The highest BCUT2D eigenvalue weighted by Gasteiger charge is 2.06. The van der Waals surface area contributed by atoms with Crippen LogP contribution in [0.4, 0.5) is 0 Å². The lowest BCUT2D eigenvalue weighted by molar-refractivity contribution is 0.411. The van der Waals surface area contributed by atoms with Crippen molar-refractivity contribution >= 4 is 0 Å². The number of benzene rings is 2. The molecule has 0 aliphatic heterocycles. The fourth-order valence-corrected chi connectivity index (χ4v) is 2.38. The largest absolute Gasteiger partial charge is 0.496 e. The molecule has 0 aliphatic rings. The molecule has 0 saturated carbocycles. The Kier molecular flexibility index (Phi) is 4.80. The molecule has 2 aromatic rings. The topological polar surface area (TPSA) is 21.3 Å². The molecule has 2 nitrogen and oxygen atoms in total. The maximum absolute atomic E-state index is 5.29. The molecule has 1 atom stereocenters. The molecule has 0 amide bonds. The predicted octanol–water partition coefficient (Wildman–Crippen LogP) is 4.16. The van der Waals surface area contributed by atoms with Crippen molar-refractivity contribution in [2.45, 2.75) is 33.4 Å². The van der Waals surface area contributed by atoms with Gasteiger partial charge in [0.2, 0.25) is 0 Å². The van der Waals surface area contributed by atoms with E-state index in [1.165, 1.54) is 22.3 Å². The van der Waals surface area contributed by atoms with Crippen LogP contribution in [0.25, 0.3) is 0 Å². The maximum atomic E-state index is 5.29. The van der Waals surface area contributed by atoms with Crippen LogP contribution in [0.5, 0.6) is 5.75 Å². The molecule has 1 N–H and O–H groups in total. The first-order valence-corrected chi connectivity index (χ1v) is 7.03. The van der Waals surface area contributed by atoms with Crippen LogP contribution in [-0.4, -0.2) is 7.11 Å². The molecule has 0 heterocycles. The van der Waals surface area contributed by atoms with Crippen LogP contribution in [-0.2, 0) is 6.54 Å². The van der Waals surface area contributed by atoms with Crippen molar-refractivity contribution in [1.29, 1.82) is 0 Å². The Bertz CT molecular complexity index is 577. The molecular formula is C18H23NO. The SMILES string of the molecule is COc1ccc(CN[C@H](C)c2cccc(C)c2)cc1C. The molecule has 0 bridgehead atoms. The number of methoxy groups -OCH3 is 1. The average Bonchev–Trinajstić information content (AvgIpc) is 2.45. The van der Waals surface area contributed by atoms with Crippen molar-refractivity contribution in [2.75, 3.05) is 7.11 Å². The first kappa shape index (κ1) is 14.6. The highest BCUT2D eigenvalue weighted by molar-refractivity contribution is 5.36. The molecule has 20 heavy (non-hydrogen) atoms. The van der Waals surface area contributed by atoms with E-state index in [-0.39, 0.29) is 0 Å². The van der Waals surface area contributed by atoms with E-state index in [1.807, 2.05) is 6.07 Å². The first-order valence-electron chi connectivity index (χ1n) is 7.03. The highest BCUT2D eigenvalue weighted by Crippen LogP contribution is 2.19. The first-order chi connectivity index (χ1) is 9.60. The van der Waals surface area contributed by atoms with Crippen molar-refractivity contribution in [1.82, 2.24) is 5.32 Å². The van der Waals surface area contributed by atoms with E-state index in [0.717, 1.165) is 12.3 Å². The summed E-state index contributed by atoms with van der Waals surface area (Å²) in [5.74, 6) is 0.945. The van der Waals surface area contributed by atoms with E-state index in [4.69, 9.17) is 4.74 Å². The second kappa shape index (κ2) is 6.58. The summed E-state index contributed by atoms with van der Waals surface area (Å²) in [7, 11) is 1.71. The van der Waals surface area contributed by atoms with Gasteiger partial charge in [0, 0.05) is 12.6 Å². The molecule has 0 unspecified atom stereocenters. The number of rotatable bonds is 5. The molecule has 0 aliphatic carbocycles. The molecule has 0 spiro atoms. The van der Waals surface area contributed by atoms with Crippen LogP contribution in [0.3, 0.4) is 0 Å². The van der Waals surface area contributed by atoms with Crippen LogP contribution in [0.2, 0.25) is 0 Å². The summed E-state index contributed by atoms with van der Waals surface area (Å²) in [4.78, 5) is 0. The quantitative estimate of drug-likeness (QED) is 0.880. The molecular weight excluding hydrogens is 246 g/mol. The Morgan fingerprint density at radius 3 is 2.55 bits per heavy atom. The van der Waals surface area contributed by atoms with Gasteiger partial charge in [0.05, 0.1) is 7.11 Å². The Morgan fingerprint density at radius 1 is 1.10 bits per heavy atom. The Hall–Kier alpha value is -1.80. The van der Waals surface area contributed by atoms with Crippen molar-refractivity contribution in [3.8, 4) is 5.75 Å². The van der Waals surface area contributed by atoms with E-state index in [9.17, 15) is 0 Å². The second-order valence-electron chi connectivity index (χ2n) is 5.32. The Labute approximate surface area is 121 Å². The monoisotopic (exact) mass is 269 g/mol. The molecule has 0 radical (unpaired) electrons. The number of nitrogens with one attached hydrogen (secondary N) is 1. The van der Waals surface area contributed by atoms with Gasteiger partial charge in [-0.05, 0) is 43.5 Å². The number of ether oxygens (including phenoxy) is 1. The third kappa shape index (κ3) is 3.61. The van der Waals surface area contributed by atoms with Crippen LogP contribution in [0.15, 0.2) is 42.5 Å². The summed E-state index contributed by atoms with van der Waals surface area (Å²) in [5.41, 5.74) is 5.09. The van der Waals surface area contributed by atoms with Crippen molar-refractivity contribution in [3.63, 3.8) is 0 Å². The third-order valence-corrected chi connectivity index (χ3v) is 3.61. The van der Waals surface area contributed by atoms with E-state index >= 15 is 0 Å². The summed E-state index contributed by atoms with van der Waals surface area (Å²) < 4.78 is 5.29. The third-order valence-electron chi connectivity index (χ3n) is 3.61. The molecule has 2 rings (SSSR count). The highest BCUT2D eigenvalue weighted by atomic mass is 16.5. The lowest BCUT2D eigenvalue weighted by Gasteiger charge is -2.15. The van der Waals surface area contributed by atoms with Crippen molar-refractivity contribution in [3.05, 3.63) is 64.7 Å². The van der Waals surface area contributed by atoms with E-state index in [1.54, 1.807) is 7.11 Å². The van der Waals surface area contributed by atoms with Crippen molar-refractivity contribution in [2.24, 2.45) is 0 Å². The number of aryl methyl sites for hydroxylation is 2. The standard InChI is InChI=1S/C18H23NO/c1-13-6-5-7-17(10-13)15(3)19-12-16-8-9-18(20-4)14(2)11-16/h5-11,15,19H,12H2,1-4H3/t15-/m1/s1. The summed E-state index contributed by atoms with van der Waals surface area (Å²) in [6.07, 6.45) is 0. The van der Waals surface area contributed by atoms with Gasteiger partial charge in [0.25, 0.3) is 0 Å². The van der Waals surface area contributed by atoms with Crippen LogP contribution < -0.4 is 10.1 Å². The molecule has 0 aromatic heterocycles. The number of hydrogen-bond donors (Lipinski definition) is 1. The van der Waals surface area contributed by atoms with E-state index < -0.39 is 0 Å². The average molecular weight is 269 g/mol. The van der Waals surface area contributed by atoms with Gasteiger partial charge in [-0.25, -0.2) is 0 Å². The van der Waals surface area contributed by atoms with Crippen molar-refractivity contribution < 1.29 is 4.74 Å². The fraction of sp³-hybridized carbons (Fsp3) is 0.333. The Balaban J connectivity index is 1.99. The van der Waals surface area contributed by atoms with Gasteiger partial charge in [-0.1, -0.05) is 42.0 Å². The second-order valence-corrected chi connectivity index (χ2v) is 5.32. The van der Waals surface area contributed by atoms with E-state index in [0.29, 0.717) is 6.04 Å². The van der Waals surface area contributed by atoms with Gasteiger partial charge in [-0.3, -0.25) is 0 Å². The Morgan fingerprint density at radius 2 is 1.90 bits per heavy atom. The predicted molar refractivity (Wildman–Crippen MR) is 84.2 cm³/mol. The van der Waals surface area contributed by atoms with Gasteiger partial charge < -0.3 is 10.1 Å². The van der Waals surface area contributed by atoms with Crippen LogP contribution in [0.1, 0.15) is 35.2 Å². The normalized spacial score (nSPS) is 12.2. The molecule has 106 valence electrons. The van der Waals surface area contributed by atoms with Gasteiger partial charge >= 0.3 is 0 Å². The summed E-state index contributed by atoms with van der Waals surface area (Å²) in [5, 5.41) is 3.57. The summed E-state index contributed by atoms with van der Waals surface area (Å²) in [6.45, 7) is 7.26. The minimum absolute atomic E-state index is 0.345. The maximum Gasteiger partial charge on any atom is 0.121 e. The zero-order valence-electron chi connectivity index (χ0n) is 12.7. The summed E-state index contributed by atoms with van der Waals surface area (Å²) >= 11 is 0. The van der Waals surface area contributed by atoms with Crippen LogP contribution in [0, 0.1) is 13.8 Å². The van der Waals surface area contributed by atoms with Gasteiger partial charge in [0.1, 0.15) is 5.75 Å². The zero-order valence-corrected chi connectivity index (χ0v) is 12.7. The molecule has 2 aromatic carbocycles. The lowest BCUT2D eigenvalue weighted by atomic mass is 10.1. The minimum Gasteiger partial charge on any atom is -0.496 e. The summed E-state index contributed by atoms with van der Waals surface area (Å²) in [6, 6.07) is 15.3. The number of hydrogen-bond acceptors (Lipinski definition) is 2. The van der Waals surface area contributed by atoms with Gasteiger partial charge in [-0.2, -0.15) is 0 Å². The zero-order chi connectivity index (χ0) is 14.5. The van der Waals surface area contributed by atoms with Gasteiger partial charge in [-0.15, -0.1) is 0 Å². The minimum atomic E-state index is 0.345. The van der Waals surface area contributed by atoms with Crippen LogP contribution >= 0.6 is 0 Å². The molecule has 2 heteroatoms. The molecule has 0 saturated heterocycles. The van der Waals surface area contributed by atoms with Gasteiger partial charge in [0.15, 0.2) is 0 Å². The smallest absolute Gasteiger partial charge is 0.121 e. The van der Waals surface area contributed by atoms with E-state index in [2.05, 4.69) is 62.5 Å². The molecule has 0 fully saturated rings. The fourth-order valence-electron chi connectivity index (χ4n) is 2.38.